The predicted molar refractivity (Wildman–Crippen MR) is 89.7 cm³/mol. The molecule has 0 amide bonds. The van der Waals surface area contributed by atoms with E-state index in [0.717, 1.165) is 36.1 Å². The van der Waals surface area contributed by atoms with Crippen LogP contribution in [0.25, 0.3) is 4.96 Å². The molecule has 0 bridgehead atoms. The van der Waals surface area contributed by atoms with Crippen molar-refractivity contribution in [3.05, 3.63) is 16.4 Å². The van der Waals surface area contributed by atoms with Gasteiger partial charge in [0.2, 0.25) is 4.96 Å². The van der Waals surface area contributed by atoms with Crippen molar-refractivity contribution in [2.75, 3.05) is 19.6 Å². The van der Waals surface area contributed by atoms with Crippen LogP contribution in [0.15, 0.2) is 0 Å². The summed E-state index contributed by atoms with van der Waals surface area (Å²) >= 11 is 1.68. The summed E-state index contributed by atoms with van der Waals surface area (Å²) in [4.78, 5) is 8.33. The van der Waals surface area contributed by atoms with Gasteiger partial charge < -0.3 is 5.32 Å². The van der Waals surface area contributed by atoms with E-state index in [9.17, 15) is 0 Å². The molecule has 1 aliphatic heterocycles. The molecule has 1 atom stereocenters. The van der Waals surface area contributed by atoms with E-state index in [-0.39, 0.29) is 12.4 Å². The molecule has 0 aromatic carbocycles. The first-order valence-corrected chi connectivity index (χ1v) is 8.17. The van der Waals surface area contributed by atoms with Gasteiger partial charge in [-0.2, -0.15) is 5.10 Å². The van der Waals surface area contributed by atoms with Crippen LogP contribution in [0.1, 0.15) is 43.1 Å². The van der Waals surface area contributed by atoms with Gasteiger partial charge in [0, 0.05) is 32.2 Å². The molecule has 7 heteroatoms. The molecule has 3 heterocycles. The summed E-state index contributed by atoms with van der Waals surface area (Å²) in [5.74, 6) is 0.444. The van der Waals surface area contributed by atoms with Gasteiger partial charge in [-0.05, 0) is 19.8 Å². The number of nitrogens with zero attached hydrogens (tertiary/aromatic N) is 4. The van der Waals surface area contributed by atoms with E-state index in [1.165, 1.54) is 11.4 Å². The third-order valence-corrected chi connectivity index (χ3v) is 4.63. The van der Waals surface area contributed by atoms with Gasteiger partial charge in [-0.15, -0.1) is 12.4 Å². The maximum Gasteiger partial charge on any atom is 0.212 e. The van der Waals surface area contributed by atoms with Crippen LogP contribution < -0.4 is 5.32 Å². The molecule has 1 fully saturated rings. The lowest BCUT2D eigenvalue weighted by Gasteiger charge is -2.31. The monoisotopic (exact) mass is 329 g/mol. The topological polar surface area (TPSA) is 45.5 Å². The molecule has 3 rings (SSSR count). The van der Waals surface area contributed by atoms with E-state index in [4.69, 9.17) is 4.98 Å². The Morgan fingerprint density at radius 2 is 2.19 bits per heavy atom. The maximum absolute atomic E-state index is 4.79. The number of aromatic nitrogens is 3. The number of imidazole rings is 1. The first kappa shape index (κ1) is 16.7. The van der Waals surface area contributed by atoms with Crippen molar-refractivity contribution in [2.45, 2.75) is 46.2 Å². The minimum absolute atomic E-state index is 0. The molecule has 21 heavy (non-hydrogen) atoms. The van der Waals surface area contributed by atoms with Crippen molar-refractivity contribution in [3.8, 4) is 0 Å². The van der Waals surface area contributed by atoms with Crippen LogP contribution in [0.4, 0.5) is 0 Å². The van der Waals surface area contributed by atoms with Gasteiger partial charge in [-0.1, -0.05) is 25.2 Å². The quantitative estimate of drug-likeness (QED) is 0.939. The van der Waals surface area contributed by atoms with E-state index in [1.54, 1.807) is 11.3 Å². The third-order valence-electron chi connectivity index (χ3n) is 3.80. The summed E-state index contributed by atoms with van der Waals surface area (Å²) in [7, 11) is 0. The van der Waals surface area contributed by atoms with Crippen molar-refractivity contribution in [3.63, 3.8) is 0 Å². The van der Waals surface area contributed by atoms with E-state index >= 15 is 0 Å². The van der Waals surface area contributed by atoms with Gasteiger partial charge in [0.15, 0.2) is 0 Å². The Morgan fingerprint density at radius 3 is 2.86 bits per heavy atom. The van der Waals surface area contributed by atoms with Gasteiger partial charge in [0.1, 0.15) is 5.01 Å². The molecule has 0 radical (unpaired) electrons. The average molecular weight is 330 g/mol. The Balaban J connectivity index is 0.00000161. The standard InChI is InChI=1S/C14H23N5S.ClH/c1-9(2)13-12(8-18-6-5-15-10(3)7-18)19-14(16-13)20-11(4)17-19;/h9-10,15H,5-8H2,1-4H3;1H/t10-;/m0./s1. The number of fused-ring (bicyclic) bond motifs is 1. The van der Waals surface area contributed by atoms with E-state index in [0.29, 0.717) is 12.0 Å². The maximum atomic E-state index is 4.79. The third kappa shape index (κ3) is 3.39. The molecule has 1 N–H and O–H groups in total. The fraction of sp³-hybridized carbons (Fsp3) is 0.714. The SMILES string of the molecule is Cc1nn2c(CN3CCN[C@@H](C)C3)c(C(C)C)nc2s1.Cl. The van der Waals surface area contributed by atoms with Crippen LogP contribution in [0, 0.1) is 6.92 Å². The normalized spacial score (nSPS) is 20.1. The number of rotatable bonds is 3. The summed E-state index contributed by atoms with van der Waals surface area (Å²) in [5, 5.41) is 9.20. The highest BCUT2D eigenvalue weighted by Crippen LogP contribution is 2.25. The van der Waals surface area contributed by atoms with Crippen LogP contribution in [0.3, 0.4) is 0 Å². The molecule has 2 aromatic rings. The Hall–Kier alpha value is -0.690. The van der Waals surface area contributed by atoms with Crippen molar-refractivity contribution in [1.29, 1.82) is 0 Å². The van der Waals surface area contributed by atoms with E-state index < -0.39 is 0 Å². The number of piperazine rings is 1. The second-order valence-corrected chi connectivity index (χ2v) is 7.16. The Morgan fingerprint density at radius 1 is 1.43 bits per heavy atom. The zero-order chi connectivity index (χ0) is 14.3. The van der Waals surface area contributed by atoms with Gasteiger partial charge in [0.05, 0.1) is 11.4 Å². The van der Waals surface area contributed by atoms with Gasteiger partial charge >= 0.3 is 0 Å². The fourth-order valence-corrected chi connectivity index (χ4v) is 3.65. The van der Waals surface area contributed by atoms with Gasteiger partial charge in [-0.25, -0.2) is 9.50 Å². The highest BCUT2D eigenvalue weighted by molar-refractivity contribution is 7.16. The minimum Gasteiger partial charge on any atom is -0.312 e. The second kappa shape index (κ2) is 6.60. The van der Waals surface area contributed by atoms with Crippen LogP contribution >= 0.6 is 23.7 Å². The highest BCUT2D eigenvalue weighted by Gasteiger charge is 2.22. The molecule has 0 saturated carbocycles. The average Bonchev–Trinajstić information content (AvgIpc) is 2.87. The summed E-state index contributed by atoms with van der Waals surface area (Å²) in [6.45, 7) is 12.9. The number of nitrogens with one attached hydrogen (secondary N) is 1. The molecule has 1 aliphatic rings. The van der Waals surface area contributed by atoms with E-state index in [1.807, 2.05) is 6.92 Å². The minimum atomic E-state index is 0. The van der Waals surface area contributed by atoms with Crippen molar-refractivity contribution >= 4 is 28.7 Å². The van der Waals surface area contributed by atoms with Crippen molar-refractivity contribution < 1.29 is 0 Å². The van der Waals surface area contributed by atoms with Crippen molar-refractivity contribution in [2.24, 2.45) is 0 Å². The lowest BCUT2D eigenvalue weighted by atomic mass is 10.1. The Kier molecular flexibility index (Phi) is 5.24. The summed E-state index contributed by atoms with van der Waals surface area (Å²) < 4.78 is 2.06. The zero-order valence-electron chi connectivity index (χ0n) is 13.1. The fourth-order valence-electron chi connectivity index (χ4n) is 2.88. The Labute approximate surface area is 136 Å². The first-order valence-electron chi connectivity index (χ1n) is 7.35. The van der Waals surface area contributed by atoms with Gasteiger partial charge in [0.25, 0.3) is 0 Å². The van der Waals surface area contributed by atoms with E-state index in [2.05, 4.69) is 40.6 Å². The molecule has 1 saturated heterocycles. The number of aryl methyl sites for hydroxylation is 1. The smallest absolute Gasteiger partial charge is 0.212 e. The lowest BCUT2D eigenvalue weighted by Crippen LogP contribution is -2.48. The number of hydrogen-bond donors (Lipinski definition) is 1. The lowest BCUT2D eigenvalue weighted by molar-refractivity contribution is 0.196. The molecule has 118 valence electrons. The number of hydrogen-bond acceptors (Lipinski definition) is 5. The summed E-state index contributed by atoms with van der Waals surface area (Å²) in [5.41, 5.74) is 2.48. The van der Waals surface area contributed by atoms with Crippen LogP contribution in [-0.4, -0.2) is 45.2 Å². The molecule has 0 spiro atoms. The molecule has 5 nitrogen and oxygen atoms in total. The van der Waals surface area contributed by atoms with Crippen LogP contribution in [0.2, 0.25) is 0 Å². The zero-order valence-corrected chi connectivity index (χ0v) is 14.7. The first-order chi connectivity index (χ1) is 9.54. The second-order valence-electron chi connectivity index (χ2n) is 6.00. The highest BCUT2D eigenvalue weighted by atomic mass is 35.5. The summed E-state index contributed by atoms with van der Waals surface area (Å²) in [6, 6.07) is 0.562. The summed E-state index contributed by atoms with van der Waals surface area (Å²) in [6.07, 6.45) is 0. The molecule has 2 aromatic heterocycles. The molecule has 0 unspecified atom stereocenters. The Bertz CT molecular complexity index is 606. The predicted octanol–water partition coefficient (Wildman–Crippen LogP) is 2.44. The largest absolute Gasteiger partial charge is 0.312 e. The van der Waals surface area contributed by atoms with Crippen LogP contribution in [-0.2, 0) is 6.54 Å². The van der Waals surface area contributed by atoms with Crippen LogP contribution in [0.5, 0.6) is 0 Å². The molecule has 0 aliphatic carbocycles. The molecular formula is C14H24ClN5S. The molecular weight excluding hydrogens is 306 g/mol. The number of halogens is 1. The van der Waals surface area contributed by atoms with Crippen molar-refractivity contribution in [1.82, 2.24) is 24.8 Å². The van der Waals surface area contributed by atoms with Gasteiger partial charge in [-0.3, -0.25) is 4.90 Å².